The molecule has 0 radical (unpaired) electrons. The third-order valence-electron chi connectivity index (χ3n) is 12.3. The van der Waals surface area contributed by atoms with Gasteiger partial charge in [-0.1, -0.05) is 182 Å². The molecule has 0 spiro atoms. The average molecular weight is 794 g/mol. The van der Waals surface area contributed by atoms with Gasteiger partial charge in [-0.25, -0.2) is 4.98 Å². The Balaban J connectivity index is 1.11. The molecule has 8 aromatic carbocycles. The normalized spacial score (nSPS) is 12.9. The lowest BCUT2D eigenvalue weighted by Crippen LogP contribution is -2.09. The van der Waals surface area contributed by atoms with E-state index >= 15 is 0 Å². The van der Waals surface area contributed by atoms with Crippen molar-refractivity contribution in [1.29, 1.82) is 0 Å². The van der Waals surface area contributed by atoms with Crippen molar-refractivity contribution in [2.24, 2.45) is 0 Å². The van der Waals surface area contributed by atoms with Crippen molar-refractivity contribution in [3.8, 4) is 45.3 Å². The lowest BCUT2D eigenvalue weighted by molar-refractivity contribution is 0.915. The second-order valence-electron chi connectivity index (χ2n) is 15.9. The second kappa shape index (κ2) is 14.8. The molecule has 1 aliphatic carbocycles. The molecular formula is C57H39N5. The van der Waals surface area contributed by atoms with E-state index in [-0.39, 0.29) is 0 Å². The summed E-state index contributed by atoms with van der Waals surface area (Å²) in [6.45, 7) is 0. The van der Waals surface area contributed by atoms with Gasteiger partial charge in [0.05, 0.1) is 27.8 Å². The molecule has 5 heteroatoms. The van der Waals surface area contributed by atoms with Crippen LogP contribution in [-0.4, -0.2) is 24.1 Å². The van der Waals surface area contributed by atoms with E-state index in [9.17, 15) is 0 Å². The van der Waals surface area contributed by atoms with E-state index in [1.165, 1.54) is 22.3 Å². The first kappa shape index (κ1) is 35.8. The van der Waals surface area contributed by atoms with Gasteiger partial charge in [0.15, 0.2) is 11.6 Å². The topological polar surface area (TPSA) is 48.5 Å². The summed E-state index contributed by atoms with van der Waals surface area (Å²) in [5.74, 6) is 1.94. The molecule has 0 atom stereocenters. The minimum atomic E-state index is 0.597. The van der Waals surface area contributed by atoms with Crippen LogP contribution in [0, 0.1) is 0 Å². The zero-order chi connectivity index (χ0) is 41.0. The van der Waals surface area contributed by atoms with Crippen molar-refractivity contribution in [1.82, 2.24) is 24.1 Å². The molecule has 12 rings (SSSR count). The van der Waals surface area contributed by atoms with Crippen molar-refractivity contribution in [3.63, 3.8) is 0 Å². The first-order valence-corrected chi connectivity index (χ1v) is 21.3. The fraction of sp³-hybridized carbons (Fsp3) is 0.0351. The number of hydrogen-bond acceptors (Lipinski definition) is 3. The number of allylic oxidation sites excluding steroid dienone is 4. The van der Waals surface area contributed by atoms with Crippen LogP contribution in [0.5, 0.6) is 0 Å². The van der Waals surface area contributed by atoms with Crippen LogP contribution >= 0.6 is 0 Å². The molecule has 292 valence electrons. The van der Waals surface area contributed by atoms with E-state index in [1.54, 1.807) is 0 Å². The lowest BCUT2D eigenvalue weighted by atomic mass is 9.94. The third kappa shape index (κ3) is 5.97. The summed E-state index contributed by atoms with van der Waals surface area (Å²) in [6.07, 6.45) is 6.33. The largest absolute Gasteiger partial charge is 0.309 e. The molecule has 5 nitrogen and oxygen atoms in total. The predicted molar refractivity (Wildman–Crippen MR) is 256 cm³/mol. The quantitative estimate of drug-likeness (QED) is 0.161. The number of benzene rings is 8. The fourth-order valence-corrected chi connectivity index (χ4v) is 9.40. The van der Waals surface area contributed by atoms with Gasteiger partial charge >= 0.3 is 0 Å². The average Bonchev–Trinajstić information content (AvgIpc) is 3.88. The molecule has 0 unspecified atom stereocenters. The van der Waals surface area contributed by atoms with Crippen LogP contribution in [0.15, 0.2) is 212 Å². The summed E-state index contributed by atoms with van der Waals surface area (Å²) in [7, 11) is 0. The number of fused-ring (bicyclic) bond motifs is 7. The molecule has 0 N–H and O–H groups in total. The molecule has 3 aromatic heterocycles. The first-order chi connectivity index (χ1) is 30.8. The zero-order valence-electron chi connectivity index (χ0n) is 33.9. The van der Waals surface area contributed by atoms with Gasteiger partial charge < -0.3 is 4.57 Å². The fourth-order valence-electron chi connectivity index (χ4n) is 9.40. The minimum Gasteiger partial charge on any atom is -0.309 e. The van der Waals surface area contributed by atoms with Crippen LogP contribution in [0.25, 0.3) is 100 Å². The second-order valence-corrected chi connectivity index (χ2v) is 15.9. The highest BCUT2D eigenvalue weighted by molar-refractivity contribution is 6.26. The summed E-state index contributed by atoms with van der Waals surface area (Å²) < 4.78 is 4.72. The Morgan fingerprint density at radius 2 is 0.968 bits per heavy atom. The Labute approximate surface area is 359 Å². The van der Waals surface area contributed by atoms with E-state index in [0.717, 1.165) is 84.4 Å². The molecule has 0 saturated heterocycles. The Morgan fingerprint density at radius 1 is 0.387 bits per heavy atom. The van der Waals surface area contributed by atoms with Crippen LogP contribution in [0.1, 0.15) is 24.2 Å². The van der Waals surface area contributed by atoms with Crippen molar-refractivity contribution >= 4 is 54.8 Å². The Bertz CT molecular complexity index is 3540. The predicted octanol–water partition coefficient (Wildman–Crippen LogP) is 14.3. The smallest absolute Gasteiger partial charge is 0.238 e. The summed E-state index contributed by atoms with van der Waals surface area (Å²) in [6, 6.07) is 71.1. The van der Waals surface area contributed by atoms with Crippen LogP contribution < -0.4 is 0 Å². The third-order valence-corrected chi connectivity index (χ3v) is 12.3. The van der Waals surface area contributed by atoms with Crippen molar-refractivity contribution in [3.05, 3.63) is 224 Å². The summed E-state index contributed by atoms with van der Waals surface area (Å²) in [4.78, 5) is 16.0. The van der Waals surface area contributed by atoms with Crippen molar-refractivity contribution < 1.29 is 0 Å². The van der Waals surface area contributed by atoms with Crippen LogP contribution in [0.2, 0.25) is 0 Å². The zero-order valence-corrected chi connectivity index (χ0v) is 33.9. The molecule has 0 fully saturated rings. The molecule has 0 aliphatic heterocycles. The highest BCUT2D eigenvalue weighted by Crippen LogP contribution is 2.43. The summed E-state index contributed by atoms with van der Waals surface area (Å²) in [5, 5.41) is 4.61. The van der Waals surface area contributed by atoms with Crippen LogP contribution in [0.4, 0.5) is 0 Å². The first-order valence-electron chi connectivity index (χ1n) is 21.3. The van der Waals surface area contributed by atoms with Gasteiger partial charge in [0.1, 0.15) is 0 Å². The molecule has 0 amide bonds. The van der Waals surface area contributed by atoms with Crippen LogP contribution in [0.3, 0.4) is 0 Å². The molecule has 62 heavy (non-hydrogen) atoms. The SMILES string of the molecule is C1=C(c2ccccc2)C=C(c2nc(-c3ccccc3)nc(-n3c4ccccc4c4ccc5c(c6ccccc6n5-c5ccccc5-c5ccc(-c6ccccc6)cc5)c43)n2)CC1. The highest BCUT2D eigenvalue weighted by Gasteiger charge is 2.24. The highest BCUT2D eigenvalue weighted by atomic mass is 15.2. The number of nitrogens with zero attached hydrogens (tertiary/aromatic N) is 5. The van der Waals surface area contributed by atoms with Gasteiger partial charge in [0.25, 0.3) is 0 Å². The van der Waals surface area contributed by atoms with Gasteiger partial charge in [-0.05, 0) is 76.6 Å². The number of para-hydroxylation sites is 3. The Morgan fingerprint density at radius 3 is 1.73 bits per heavy atom. The standard InChI is InChI=1S/C57H39N5/c1-4-17-38(18-5-1)40-31-33-41(34-32-40)45-25-10-13-28-49(45)61-51-30-15-12-27-48(51)53-52(61)36-35-47-46-26-11-14-29-50(46)62(54(47)53)57-59-55(42-21-8-3-9-22-42)58-56(60-57)44-24-16-23-43(37-44)39-19-6-2-7-20-39/h1-15,17-23,25-37H,16,24H2. The number of rotatable bonds is 7. The monoisotopic (exact) mass is 793 g/mol. The molecule has 1 aliphatic rings. The van der Waals surface area contributed by atoms with E-state index < -0.39 is 0 Å². The maximum Gasteiger partial charge on any atom is 0.238 e. The Hall–Kier alpha value is -8.15. The summed E-state index contributed by atoms with van der Waals surface area (Å²) in [5.41, 5.74) is 14.6. The van der Waals surface area contributed by atoms with Gasteiger partial charge in [0.2, 0.25) is 5.95 Å². The Kier molecular flexibility index (Phi) is 8.56. The lowest BCUT2D eigenvalue weighted by Gasteiger charge is -2.16. The van der Waals surface area contributed by atoms with Crippen molar-refractivity contribution in [2.75, 3.05) is 0 Å². The van der Waals surface area contributed by atoms with Crippen LogP contribution in [-0.2, 0) is 0 Å². The maximum absolute atomic E-state index is 5.43. The number of aromatic nitrogens is 5. The molecular weight excluding hydrogens is 755 g/mol. The molecule has 11 aromatic rings. The summed E-state index contributed by atoms with van der Waals surface area (Å²) >= 11 is 0. The molecule has 3 heterocycles. The van der Waals surface area contributed by atoms with E-state index in [0.29, 0.717) is 17.6 Å². The van der Waals surface area contributed by atoms with Gasteiger partial charge in [0, 0.05) is 32.7 Å². The van der Waals surface area contributed by atoms with Crippen molar-refractivity contribution in [2.45, 2.75) is 12.8 Å². The number of hydrogen-bond donors (Lipinski definition) is 0. The van der Waals surface area contributed by atoms with Gasteiger partial charge in [-0.3, -0.25) is 4.57 Å². The minimum absolute atomic E-state index is 0.597. The van der Waals surface area contributed by atoms with E-state index in [1.807, 2.05) is 18.2 Å². The molecule has 0 saturated carbocycles. The molecule has 0 bridgehead atoms. The van der Waals surface area contributed by atoms with Gasteiger partial charge in [-0.15, -0.1) is 0 Å². The van der Waals surface area contributed by atoms with Gasteiger partial charge in [-0.2, -0.15) is 9.97 Å². The van der Waals surface area contributed by atoms with E-state index in [4.69, 9.17) is 15.0 Å². The van der Waals surface area contributed by atoms with E-state index in [2.05, 4.69) is 203 Å². The maximum atomic E-state index is 5.43.